The maximum absolute atomic E-state index is 13.8. The highest BCUT2D eigenvalue weighted by atomic mass is 19.1. The summed E-state index contributed by atoms with van der Waals surface area (Å²) in [5.41, 5.74) is -1.03. The molecular formula is C15H19F2NO. The van der Waals surface area contributed by atoms with Crippen LogP contribution in [0.3, 0.4) is 0 Å². The van der Waals surface area contributed by atoms with Crippen molar-refractivity contribution in [3.63, 3.8) is 0 Å². The van der Waals surface area contributed by atoms with Gasteiger partial charge in [0.25, 0.3) is 0 Å². The predicted molar refractivity (Wildman–Crippen MR) is 70.1 cm³/mol. The first-order chi connectivity index (χ1) is 9.10. The van der Waals surface area contributed by atoms with E-state index in [2.05, 4.69) is 5.32 Å². The van der Waals surface area contributed by atoms with Crippen molar-refractivity contribution >= 4 is 5.78 Å². The lowest BCUT2D eigenvalue weighted by atomic mass is 9.71. The van der Waals surface area contributed by atoms with Crippen LogP contribution in [0.2, 0.25) is 0 Å². The van der Waals surface area contributed by atoms with E-state index in [0.717, 1.165) is 31.5 Å². The molecule has 1 heterocycles. The van der Waals surface area contributed by atoms with Crippen LogP contribution in [0.5, 0.6) is 0 Å². The van der Waals surface area contributed by atoms with Crippen LogP contribution >= 0.6 is 0 Å². The minimum absolute atomic E-state index is 0.375. The Morgan fingerprint density at radius 2 is 2.05 bits per heavy atom. The average molecular weight is 267 g/mol. The Balaban J connectivity index is 2.39. The summed E-state index contributed by atoms with van der Waals surface area (Å²) in [6, 6.07) is 3.57. The van der Waals surface area contributed by atoms with Gasteiger partial charge in [-0.2, -0.15) is 0 Å². The first-order valence-corrected chi connectivity index (χ1v) is 6.80. The second kappa shape index (κ2) is 5.78. The fourth-order valence-electron chi connectivity index (χ4n) is 2.95. The molecule has 1 aliphatic rings. The molecule has 0 saturated carbocycles. The maximum atomic E-state index is 13.8. The van der Waals surface area contributed by atoms with Gasteiger partial charge in [-0.05, 0) is 37.9 Å². The van der Waals surface area contributed by atoms with E-state index in [1.165, 1.54) is 6.07 Å². The highest BCUT2D eigenvalue weighted by Crippen LogP contribution is 2.36. The van der Waals surface area contributed by atoms with E-state index in [4.69, 9.17) is 0 Å². The largest absolute Gasteiger partial charge is 0.316 e. The molecule has 4 heteroatoms. The number of ketones is 1. The molecule has 0 aliphatic carbocycles. The van der Waals surface area contributed by atoms with Gasteiger partial charge in [-0.25, -0.2) is 8.78 Å². The zero-order valence-electron chi connectivity index (χ0n) is 11.1. The van der Waals surface area contributed by atoms with E-state index in [1.54, 1.807) is 0 Å². The van der Waals surface area contributed by atoms with Gasteiger partial charge in [-0.3, -0.25) is 4.79 Å². The molecule has 1 saturated heterocycles. The van der Waals surface area contributed by atoms with Gasteiger partial charge < -0.3 is 5.32 Å². The minimum atomic E-state index is -0.758. The number of benzene rings is 1. The third kappa shape index (κ3) is 2.68. The fourth-order valence-corrected chi connectivity index (χ4v) is 2.95. The van der Waals surface area contributed by atoms with Crippen molar-refractivity contribution in [1.82, 2.24) is 5.32 Å². The summed E-state index contributed by atoms with van der Waals surface area (Å²) in [5, 5.41) is 3.18. The van der Waals surface area contributed by atoms with Gasteiger partial charge in [0.2, 0.25) is 0 Å². The van der Waals surface area contributed by atoms with Crippen molar-refractivity contribution in [2.45, 2.75) is 32.6 Å². The third-order valence-electron chi connectivity index (χ3n) is 3.87. The average Bonchev–Trinajstić information content (AvgIpc) is 2.40. The summed E-state index contributed by atoms with van der Waals surface area (Å²) < 4.78 is 27.6. The van der Waals surface area contributed by atoms with Gasteiger partial charge in [0.1, 0.15) is 11.6 Å². The van der Waals surface area contributed by atoms with Crippen LogP contribution < -0.4 is 5.32 Å². The van der Waals surface area contributed by atoms with Crippen molar-refractivity contribution < 1.29 is 13.6 Å². The number of Topliss-reactive ketones (excluding diaryl/α,β-unsaturated/α-hetero) is 1. The van der Waals surface area contributed by atoms with Crippen molar-refractivity contribution in [2.75, 3.05) is 13.1 Å². The first kappa shape index (κ1) is 14.1. The van der Waals surface area contributed by atoms with E-state index in [1.807, 2.05) is 6.92 Å². The van der Waals surface area contributed by atoms with E-state index in [-0.39, 0.29) is 5.56 Å². The Labute approximate surface area is 112 Å². The van der Waals surface area contributed by atoms with Crippen LogP contribution in [0.25, 0.3) is 0 Å². The number of nitrogens with one attached hydrogen (secondary N) is 1. The highest BCUT2D eigenvalue weighted by molar-refractivity contribution is 6.01. The van der Waals surface area contributed by atoms with Crippen molar-refractivity contribution in [3.8, 4) is 0 Å². The van der Waals surface area contributed by atoms with Crippen LogP contribution in [0.15, 0.2) is 18.2 Å². The number of carbonyl (C=O) groups excluding carboxylic acids is 1. The molecule has 1 fully saturated rings. The number of carbonyl (C=O) groups is 1. The summed E-state index contributed by atoms with van der Waals surface area (Å²) in [5.74, 6) is -1.91. The predicted octanol–water partition coefficient (Wildman–Crippen LogP) is 3.32. The van der Waals surface area contributed by atoms with Gasteiger partial charge in [0, 0.05) is 12.0 Å². The fraction of sp³-hybridized carbons (Fsp3) is 0.533. The van der Waals surface area contributed by atoms with Gasteiger partial charge in [-0.1, -0.05) is 19.4 Å². The molecule has 1 aromatic carbocycles. The van der Waals surface area contributed by atoms with Crippen LogP contribution in [-0.4, -0.2) is 18.9 Å². The van der Waals surface area contributed by atoms with Crippen LogP contribution in [0.4, 0.5) is 8.78 Å². The van der Waals surface area contributed by atoms with E-state index in [0.29, 0.717) is 19.4 Å². The number of piperidine rings is 1. The Bertz CT molecular complexity index is 441. The zero-order chi connectivity index (χ0) is 13.9. The topological polar surface area (TPSA) is 29.1 Å². The second-order valence-electron chi connectivity index (χ2n) is 5.24. The Morgan fingerprint density at radius 3 is 2.58 bits per heavy atom. The van der Waals surface area contributed by atoms with Gasteiger partial charge >= 0.3 is 0 Å². The molecule has 1 aliphatic heterocycles. The number of rotatable bonds is 4. The second-order valence-corrected chi connectivity index (χ2v) is 5.24. The SMILES string of the molecule is CCCC1(C(=O)c2c(F)cccc2F)CCCNC1. The number of hydrogen-bond donors (Lipinski definition) is 1. The third-order valence-corrected chi connectivity index (χ3v) is 3.87. The van der Waals surface area contributed by atoms with Crippen LogP contribution in [0, 0.1) is 17.0 Å². The van der Waals surface area contributed by atoms with Crippen LogP contribution in [-0.2, 0) is 0 Å². The molecule has 0 aromatic heterocycles. The lowest BCUT2D eigenvalue weighted by Gasteiger charge is -2.36. The minimum Gasteiger partial charge on any atom is -0.316 e. The molecule has 0 bridgehead atoms. The molecule has 1 atom stereocenters. The standard InChI is InChI=1S/C15H19F2NO/c1-2-7-15(8-4-9-18-10-15)14(19)13-11(16)5-3-6-12(13)17/h3,5-6,18H,2,4,7-10H2,1H3. The lowest BCUT2D eigenvalue weighted by molar-refractivity contribution is 0.0708. The lowest BCUT2D eigenvalue weighted by Crippen LogP contribution is -2.46. The van der Waals surface area contributed by atoms with Crippen molar-refractivity contribution in [1.29, 1.82) is 0 Å². The molecule has 1 aromatic rings. The Morgan fingerprint density at radius 1 is 1.37 bits per heavy atom. The van der Waals surface area contributed by atoms with Gasteiger partial charge in [0.05, 0.1) is 5.56 Å². The van der Waals surface area contributed by atoms with E-state index < -0.39 is 22.8 Å². The molecule has 2 rings (SSSR count). The van der Waals surface area contributed by atoms with Crippen LogP contribution in [0.1, 0.15) is 43.0 Å². The number of halogens is 2. The smallest absolute Gasteiger partial charge is 0.176 e. The molecule has 0 amide bonds. The van der Waals surface area contributed by atoms with E-state index in [9.17, 15) is 13.6 Å². The van der Waals surface area contributed by atoms with E-state index >= 15 is 0 Å². The quantitative estimate of drug-likeness (QED) is 0.848. The molecule has 2 nitrogen and oxygen atoms in total. The Hall–Kier alpha value is -1.29. The molecule has 104 valence electrons. The molecular weight excluding hydrogens is 248 g/mol. The summed E-state index contributed by atoms with van der Waals surface area (Å²) in [4.78, 5) is 12.6. The molecule has 0 radical (unpaired) electrons. The molecule has 1 unspecified atom stereocenters. The summed E-state index contributed by atoms with van der Waals surface area (Å²) in [6.07, 6.45) is 3.04. The molecule has 0 spiro atoms. The van der Waals surface area contributed by atoms with Gasteiger partial charge in [-0.15, -0.1) is 0 Å². The molecule has 19 heavy (non-hydrogen) atoms. The summed E-state index contributed by atoms with van der Waals surface area (Å²) >= 11 is 0. The maximum Gasteiger partial charge on any atom is 0.176 e. The Kier molecular flexibility index (Phi) is 4.30. The molecule has 1 N–H and O–H groups in total. The normalized spacial score (nSPS) is 23.3. The van der Waals surface area contributed by atoms with Gasteiger partial charge in [0.15, 0.2) is 5.78 Å². The van der Waals surface area contributed by atoms with Crippen molar-refractivity contribution in [3.05, 3.63) is 35.4 Å². The zero-order valence-corrected chi connectivity index (χ0v) is 11.1. The van der Waals surface area contributed by atoms with Crippen molar-refractivity contribution in [2.24, 2.45) is 5.41 Å². The summed E-state index contributed by atoms with van der Waals surface area (Å²) in [7, 11) is 0. The highest BCUT2D eigenvalue weighted by Gasteiger charge is 2.41. The number of hydrogen-bond acceptors (Lipinski definition) is 2. The summed E-state index contributed by atoms with van der Waals surface area (Å²) in [6.45, 7) is 3.35. The first-order valence-electron chi connectivity index (χ1n) is 6.80. The monoisotopic (exact) mass is 267 g/mol.